The van der Waals surface area contributed by atoms with Crippen molar-refractivity contribution in [2.24, 2.45) is 10.8 Å². The van der Waals surface area contributed by atoms with Crippen LogP contribution in [-0.4, -0.2) is 61.2 Å². The van der Waals surface area contributed by atoms with Crippen LogP contribution < -0.4 is 17.2 Å². The lowest BCUT2D eigenvalue weighted by molar-refractivity contribution is -0.0601. The quantitative estimate of drug-likeness (QED) is 0.0651. The molecule has 0 radical (unpaired) electrons. The van der Waals surface area contributed by atoms with Crippen molar-refractivity contribution in [3.63, 3.8) is 0 Å². The van der Waals surface area contributed by atoms with Gasteiger partial charge in [0.15, 0.2) is 0 Å². The van der Waals surface area contributed by atoms with Crippen molar-refractivity contribution in [3.8, 4) is 11.8 Å². The minimum atomic E-state index is -5.74. The Hall–Kier alpha value is -2.16. The summed E-state index contributed by atoms with van der Waals surface area (Å²) in [5, 5.41) is 3.18. The fraction of sp³-hybridized carbons (Fsp3) is 0.571. The molecule has 0 aromatic carbocycles. The Bertz CT molecular complexity index is 1270. The lowest BCUT2D eigenvalue weighted by Gasteiger charge is -2.21. The maximum absolute atomic E-state index is 12.4. The molecule has 20 nitrogen and oxygen atoms in total. The standard InChI is InChI=1S/C13H20N7O13P3.CH4/c14-3-1-2-8-5-20(13(21)18-12(8)15)11-4-9(29-7-17-19-16)10(31-11)6-30-35(25,26)33-36(27,28)32-34(22,23)24;/h5,9-11H,3-4,6-7,14H2,(H,25,26)(H,27,28)(H2,15,18,21)(H2,22,23,24);1H4. The van der Waals surface area contributed by atoms with Crippen molar-refractivity contribution in [1.82, 2.24) is 9.55 Å². The molecule has 0 spiro atoms. The molecule has 1 aromatic rings. The molecule has 1 aromatic heterocycles. The van der Waals surface area contributed by atoms with E-state index < -0.39 is 60.9 Å². The van der Waals surface area contributed by atoms with Crippen molar-refractivity contribution < 1.29 is 55.9 Å². The van der Waals surface area contributed by atoms with Gasteiger partial charge < -0.3 is 40.5 Å². The molecule has 8 N–H and O–H groups in total. The highest BCUT2D eigenvalue weighted by Crippen LogP contribution is 2.66. The Labute approximate surface area is 208 Å². The lowest BCUT2D eigenvalue weighted by Crippen LogP contribution is -2.29. The van der Waals surface area contributed by atoms with Crippen LogP contribution in [0.25, 0.3) is 10.4 Å². The van der Waals surface area contributed by atoms with Gasteiger partial charge in [-0.1, -0.05) is 24.4 Å². The predicted molar refractivity (Wildman–Crippen MR) is 123 cm³/mol. The largest absolute Gasteiger partial charge is 0.490 e. The van der Waals surface area contributed by atoms with Gasteiger partial charge in [0.25, 0.3) is 0 Å². The fourth-order valence-electron chi connectivity index (χ4n) is 2.75. The van der Waals surface area contributed by atoms with Gasteiger partial charge in [-0.2, -0.15) is 13.6 Å². The fourth-order valence-corrected chi connectivity index (χ4v) is 5.78. The second-order valence-corrected chi connectivity index (χ2v) is 11.0. The molecule has 1 fully saturated rings. The summed E-state index contributed by atoms with van der Waals surface area (Å²) >= 11 is 0. The molecule has 1 aliphatic heterocycles. The van der Waals surface area contributed by atoms with Gasteiger partial charge in [0.2, 0.25) is 0 Å². The second kappa shape index (κ2) is 13.6. The highest BCUT2D eigenvalue weighted by atomic mass is 31.3. The minimum Gasteiger partial charge on any atom is -0.382 e. The second-order valence-electron chi connectivity index (χ2n) is 6.55. The van der Waals surface area contributed by atoms with E-state index in [1.54, 1.807) is 0 Å². The molecule has 2 rings (SSSR count). The number of nitrogens with zero attached hydrogens (tertiary/aromatic N) is 5. The summed E-state index contributed by atoms with van der Waals surface area (Å²) in [6, 6.07) is 0. The Morgan fingerprint density at radius 3 is 2.54 bits per heavy atom. The van der Waals surface area contributed by atoms with E-state index in [-0.39, 0.29) is 31.8 Å². The van der Waals surface area contributed by atoms with Gasteiger partial charge in [-0.05, 0) is 5.53 Å². The third kappa shape index (κ3) is 10.6. The molecule has 0 bridgehead atoms. The van der Waals surface area contributed by atoms with Crippen LogP contribution in [0.2, 0.25) is 0 Å². The Morgan fingerprint density at radius 1 is 1.27 bits per heavy atom. The van der Waals surface area contributed by atoms with E-state index in [4.69, 9.17) is 36.3 Å². The van der Waals surface area contributed by atoms with Crippen molar-refractivity contribution in [2.75, 3.05) is 25.6 Å². The maximum atomic E-state index is 12.4. The number of nitrogens with two attached hydrogens (primary N) is 2. The summed E-state index contributed by atoms with van der Waals surface area (Å²) in [7, 11) is -16.8. The minimum absolute atomic E-state index is 0. The zero-order chi connectivity index (χ0) is 27.1. The van der Waals surface area contributed by atoms with E-state index in [0.717, 1.165) is 4.57 Å². The number of phosphoric ester groups is 1. The number of ether oxygens (including phenoxy) is 2. The first-order valence-corrected chi connectivity index (χ1v) is 13.8. The molecule has 5 atom stereocenters. The van der Waals surface area contributed by atoms with Crippen LogP contribution in [0.4, 0.5) is 5.82 Å². The van der Waals surface area contributed by atoms with E-state index in [1.165, 1.54) is 6.20 Å². The van der Waals surface area contributed by atoms with Crippen LogP contribution in [0.15, 0.2) is 16.1 Å². The Morgan fingerprint density at radius 2 is 1.95 bits per heavy atom. The van der Waals surface area contributed by atoms with Crippen molar-refractivity contribution in [1.29, 1.82) is 0 Å². The average Bonchev–Trinajstić information content (AvgIpc) is 3.12. The normalized spacial score (nSPS) is 22.5. The van der Waals surface area contributed by atoms with Crippen LogP contribution >= 0.6 is 23.5 Å². The molecule has 2 heterocycles. The Kier molecular flexibility index (Phi) is 12.1. The smallest absolute Gasteiger partial charge is 0.382 e. The SMILES string of the molecule is C.[N-]=[N+]=NCOC1CC(n2cc(C#CCN)c(N)nc2=O)OC1COP(=O)(O)OP(=O)(O)OP(=O)(O)O. The van der Waals surface area contributed by atoms with Gasteiger partial charge in [0, 0.05) is 17.5 Å². The maximum Gasteiger partial charge on any atom is 0.490 e. The molecular weight excluding hydrogens is 567 g/mol. The van der Waals surface area contributed by atoms with E-state index in [0.29, 0.717) is 0 Å². The topological polar surface area (TPSA) is 314 Å². The monoisotopic (exact) mass is 591 g/mol. The molecule has 208 valence electrons. The summed E-state index contributed by atoms with van der Waals surface area (Å²) in [4.78, 5) is 54.5. The highest BCUT2D eigenvalue weighted by molar-refractivity contribution is 7.66. The van der Waals surface area contributed by atoms with E-state index in [1.807, 2.05) is 0 Å². The van der Waals surface area contributed by atoms with E-state index >= 15 is 0 Å². The summed E-state index contributed by atoms with van der Waals surface area (Å²) in [5.74, 6) is 4.99. The van der Waals surface area contributed by atoms with Gasteiger partial charge in [0.1, 0.15) is 24.9 Å². The van der Waals surface area contributed by atoms with Crippen molar-refractivity contribution >= 4 is 29.3 Å². The third-order valence-corrected chi connectivity index (χ3v) is 7.83. The van der Waals surface area contributed by atoms with Crippen molar-refractivity contribution in [2.45, 2.75) is 32.3 Å². The van der Waals surface area contributed by atoms with Crippen LogP contribution in [0.1, 0.15) is 25.6 Å². The van der Waals surface area contributed by atoms with Gasteiger partial charge in [-0.25, -0.2) is 18.5 Å². The van der Waals surface area contributed by atoms with Gasteiger partial charge in [0.05, 0.1) is 24.8 Å². The van der Waals surface area contributed by atoms with Crippen molar-refractivity contribution in [3.05, 3.63) is 32.7 Å². The van der Waals surface area contributed by atoms with E-state index in [2.05, 4.69) is 40.0 Å². The number of anilines is 1. The Balaban J connectivity index is 0.00000684. The van der Waals surface area contributed by atoms with Crippen LogP contribution in [0, 0.1) is 11.8 Å². The number of azide groups is 1. The summed E-state index contributed by atoms with van der Waals surface area (Å²) in [6.07, 6.45) is -2.30. The molecule has 0 aliphatic carbocycles. The summed E-state index contributed by atoms with van der Waals surface area (Å²) in [5.41, 5.74) is 18.7. The molecule has 23 heteroatoms. The molecule has 0 saturated carbocycles. The van der Waals surface area contributed by atoms with E-state index in [9.17, 15) is 28.3 Å². The predicted octanol–water partition coefficient (Wildman–Crippen LogP) is 0.0556. The third-order valence-electron chi connectivity index (χ3n) is 4.02. The average molecular weight is 591 g/mol. The zero-order valence-corrected chi connectivity index (χ0v) is 20.5. The molecule has 1 aliphatic rings. The van der Waals surface area contributed by atoms with Gasteiger partial charge in [-0.15, -0.1) is 0 Å². The number of hydrogen-bond donors (Lipinski definition) is 6. The highest BCUT2D eigenvalue weighted by Gasteiger charge is 2.43. The molecular formula is C14H24N7O13P3. The number of hydrogen-bond acceptors (Lipinski definition) is 13. The van der Waals surface area contributed by atoms with Gasteiger partial charge in [-0.3, -0.25) is 9.09 Å². The van der Waals surface area contributed by atoms with Crippen LogP contribution in [0.5, 0.6) is 0 Å². The lowest BCUT2D eigenvalue weighted by atomic mass is 10.2. The van der Waals surface area contributed by atoms with Crippen LogP contribution in [-0.2, 0) is 36.3 Å². The molecule has 0 amide bonds. The first-order chi connectivity index (χ1) is 16.7. The molecule has 37 heavy (non-hydrogen) atoms. The number of aromatic nitrogens is 2. The summed E-state index contributed by atoms with van der Waals surface area (Å²) in [6.45, 7) is -1.39. The number of nitrogen functional groups attached to an aromatic ring is 1. The van der Waals surface area contributed by atoms with Gasteiger partial charge >= 0.3 is 29.2 Å². The number of phosphoric acid groups is 3. The summed E-state index contributed by atoms with van der Waals surface area (Å²) < 4.78 is 58.0. The van der Waals surface area contributed by atoms with Crippen LogP contribution in [0.3, 0.4) is 0 Å². The molecule has 1 saturated heterocycles. The number of rotatable bonds is 11. The zero-order valence-electron chi connectivity index (χ0n) is 17.8. The first kappa shape index (κ1) is 32.9. The first-order valence-electron chi connectivity index (χ1n) is 9.30. The molecule has 5 unspecified atom stereocenters.